The van der Waals surface area contributed by atoms with E-state index in [0.717, 1.165) is 12.8 Å². The van der Waals surface area contributed by atoms with Crippen LogP contribution in [0.3, 0.4) is 0 Å². The smallest absolute Gasteiger partial charge is 0.415 e. The Kier molecular flexibility index (Phi) is 9.20. The van der Waals surface area contributed by atoms with Crippen LogP contribution < -0.4 is 0 Å². The van der Waals surface area contributed by atoms with Crippen LogP contribution in [0.15, 0.2) is 0 Å². The van der Waals surface area contributed by atoms with E-state index in [9.17, 15) is 18.4 Å². The molecule has 0 amide bonds. The Morgan fingerprint density at radius 2 is 1.67 bits per heavy atom. The Balaban J connectivity index is 1.63. The molecule has 0 bridgehead atoms. The lowest BCUT2D eigenvalue weighted by atomic mass is 9.85. The van der Waals surface area contributed by atoms with Crippen molar-refractivity contribution < 1.29 is 42.5 Å². The van der Waals surface area contributed by atoms with Crippen LogP contribution in [0.5, 0.6) is 0 Å². The summed E-state index contributed by atoms with van der Waals surface area (Å²) in [6.07, 6.45) is 7.57. The second-order valence-corrected chi connectivity index (χ2v) is 8.00. The Morgan fingerprint density at radius 1 is 1.00 bits per heavy atom. The molecule has 2 aliphatic rings. The third-order valence-corrected chi connectivity index (χ3v) is 5.64. The first kappa shape index (κ1) is 22.3. The second-order valence-electron chi connectivity index (χ2n) is 7.18. The summed E-state index contributed by atoms with van der Waals surface area (Å²) in [7, 11) is 0. The van der Waals surface area contributed by atoms with Crippen molar-refractivity contribution in [1.82, 2.24) is 0 Å². The average Bonchev–Trinajstić information content (AvgIpc) is 2.67. The first-order valence-electron chi connectivity index (χ1n) is 9.31. The number of esters is 2. The summed E-state index contributed by atoms with van der Waals surface area (Å²) in [5.41, 5.74) is 0. The van der Waals surface area contributed by atoms with Gasteiger partial charge in [0.25, 0.3) is 0 Å². The zero-order valence-corrected chi connectivity index (χ0v) is 15.9. The zero-order valence-electron chi connectivity index (χ0n) is 15.1. The van der Waals surface area contributed by atoms with Gasteiger partial charge in [-0.15, -0.1) is 4.33 Å². The van der Waals surface area contributed by atoms with Crippen LogP contribution in [0.4, 0.5) is 8.78 Å². The number of halogens is 2. The summed E-state index contributed by atoms with van der Waals surface area (Å²) in [4.78, 5) is 23.4. The van der Waals surface area contributed by atoms with Crippen LogP contribution >= 0.6 is 12.0 Å². The van der Waals surface area contributed by atoms with Gasteiger partial charge in [0.2, 0.25) is 0 Å². The SMILES string of the molecule is O=C(CC1CCC(OC(=O)C(F)(F)SOOO)CC1)OCC1CCCCC1. The van der Waals surface area contributed by atoms with Gasteiger partial charge >= 0.3 is 17.2 Å². The lowest BCUT2D eigenvalue weighted by Gasteiger charge is -2.28. The largest absolute Gasteiger partial charge is 0.465 e. The third kappa shape index (κ3) is 7.89. The van der Waals surface area contributed by atoms with Crippen molar-refractivity contribution in [2.24, 2.45) is 11.8 Å². The van der Waals surface area contributed by atoms with Gasteiger partial charge in [-0.25, -0.2) is 10.1 Å². The van der Waals surface area contributed by atoms with Crippen molar-refractivity contribution in [2.75, 3.05) is 6.61 Å². The van der Waals surface area contributed by atoms with Crippen molar-refractivity contribution >= 4 is 24.0 Å². The molecule has 0 aliphatic heterocycles. The summed E-state index contributed by atoms with van der Waals surface area (Å²) in [6.45, 7) is 0.484. The highest BCUT2D eigenvalue weighted by Crippen LogP contribution is 2.34. The van der Waals surface area contributed by atoms with Crippen LogP contribution in [0.2, 0.25) is 0 Å². The van der Waals surface area contributed by atoms with E-state index in [0.29, 0.717) is 44.6 Å². The summed E-state index contributed by atoms with van der Waals surface area (Å²) in [5, 5.41) is 6.95. The molecule has 156 valence electrons. The normalized spacial score (nSPS) is 24.4. The molecule has 2 saturated carbocycles. The van der Waals surface area contributed by atoms with E-state index in [2.05, 4.69) is 9.37 Å². The molecule has 0 aromatic carbocycles. The molecule has 2 fully saturated rings. The molecule has 10 heteroatoms. The molecule has 1 N–H and O–H groups in total. The molecule has 0 saturated heterocycles. The fourth-order valence-corrected chi connectivity index (χ4v) is 3.86. The molecular formula is C17H26F2O7S. The quantitative estimate of drug-likeness (QED) is 0.260. The maximum atomic E-state index is 13.4. The lowest BCUT2D eigenvalue weighted by Crippen LogP contribution is -2.33. The van der Waals surface area contributed by atoms with Crippen molar-refractivity contribution in [2.45, 2.75) is 75.6 Å². The Morgan fingerprint density at radius 3 is 2.30 bits per heavy atom. The van der Waals surface area contributed by atoms with E-state index < -0.39 is 29.4 Å². The fraction of sp³-hybridized carbons (Fsp3) is 0.882. The van der Waals surface area contributed by atoms with Crippen molar-refractivity contribution in [3.8, 4) is 0 Å². The molecule has 0 radical (unpaired) electrons. The maximum absolute atomic E-state index is 13.4. The molecule has 0 aromatic rings. The van der Waals surface area contributed by atoms with Gasteiger partial charge in [0.15, 0.2) is 0 Å². The van der Waals surface area contributed by atoms with Crippen molar-refractivity contribution in [3.63, 3.8) is 0 Å². The lowest BCUT2D eigenvalue weighted by molar-refractivity contribution is -0.433. The standard InChI is InChI=1S/C17H26F2O7S/c18-17(19,27-26-25-22)16(21)24-14-8-6-12(7-9-14)10-15(20)23-11-13-4-2-1-3-5-13/h12-14,22H,1-11H2. The van der Waals surface area contributed by atoms with Crippen LogP contribution in [0.25, 0.3) is 0 Å². The van der Waals surface area contributed by atoms with E-state index in [1.807, 2.05) is 0 Å². The zero-order chi connectivity index (χ0) is 19.7. The number of carbonyl (C=O) groups excluding carboxylic acids is 2. The number of alkyl halides is 2. The van der Waals surface area contributed by atoms with Crippen LogP contribution in [0, 0.1) is 11.8 Å². The predicted octanol–water partition coefficient (Wildman–Crippen LogP) is 4.26. The van der Waals surface area contributed by atoms with Gasteiger partial charge in [-0.1, -0.05) is 24.3 Å². The average molecular weight is 412 g/mol. The fourth-order valence-electron chi connectivity index (χ4n) is 3.63. The van der Waals surface area contributed by atoms with Gasteiger partial charge in [0.1, 0.15) is 18.1 Å². The Labute approximate surface area is 161 Å². The predicted molar refractivity (Wildman–Crippen MR) is 91.3 cm³/mol. The summed E-state index contributed by atoms with van der Waals surface area (Å²) >= 11 is -0.640. The molecule has 0 unspecified atom stereocenters. The maximum Gasteiger partial charge on any atom is 0.415 e. The number of hydrogen-bond acceptors (Lipinski definition) is 8. The number of carbonyl (C=O) groups is 2. The summed E-state index contributed by atoms with van der Waals surface area (Å²) in [6, 6.07) is 0. The van der Waals surface area contributed by atoms with E-state index >= 15 is 0 Å². The minimum Gasteiger partial charge on any atom is -0.465 e. The third-order valence-electron chi connectivity index (χ3n) is 5.13. The summed E-state index contributed by atoms with van der Waals surface area (Å²) in [5.74, 6) is -1.39. The van der Waals surface area contributed by atoms with E-state index in [4.69, 9.17) is 14.7 Å². The first-order valence-corrected chi connectivity index (χ1v) is 10.0. The van der Waals surface area contributed by atoms with Crippen LogP contribution in [0.1, 0.15) is 64.2 Å². The van der Waals surface area contributed by atoms with E-state index in [-0.39, 0.29) is 11.9 Å². The molecule has 7 nitrogen and oxygen atoms in total. The highest BCUT2D eigenvalue weighted by atomic mass is 32.2. The second kappa shape index (κ2) is 11.1. The van der Waals surface area contributed by atoms with Gasteiger partial charge in [-0.3, -0.25) is 4.79 Å². The molecule has 0 spiro atoms. The Hall–Kier alpha value is -0.970. The van der Waals surface area contributed by atoms with Crippen LogP contribution in [-0.2, 0) is 28.4 Å². The van der Waals surface area contributed by atoms with Gasteiger partial charge in [-0.2, -0.15) is 8.78 Å². The number of rotatable bonds is 9. The molecular weight excluding hydrogens is 386 g/mol. The minimum atomic E-state index is -3.98. The monoisotopic (exact) mass is 412 g/mol. The first-order chi connectivity index (χ1) is 12.9. The number of ether oxygens (including phenoxy) is 2. The highest BCUT2D eigenvalue weighted by molar-refractivity contribution is 7.96. The Bertz CT molecular complexity index is 478. The van der Waals surface area contributed by atoms with E-state index in [1.165, 1.54) is 19.3 Å². The highest BCUT2D eigenvalue weighted by Gasteiger charge is 2.45. The van der Waals surface area contributed by atoms with Gasteiger partial charge in [0.05, 0.1) is 6.61 Å². The molecule has 0 heterocycles. The topological polar surface area (TPSA) is 91.3 Å². The van der Waals surface area contributed by atoms with Gasteiger partial charge in [0, 0.05) is 6.42 Å². The van der Waals surface area contributed by atoms with Crippen LogP contribution in [-0.4, -0.2) is 35.2 Å². The van der Waals surface area contributed by atoms with E-state index in [1.54, 1.807) is 0 Å². The minimum absolute atomic E-state index is 0.111. The molecule has 27 heavy (non-hydrogen) atoms. The van der Waals surface area contributed by atoms with Crippen molar-refractivity contribution in [1.29, 1.82) is 0 Å². The summed E-state index contributed by atoms with van der Waals surface area (Å²) < 4.78 is 40.5. The van der Waals surface area contributed by atoms with Gasteiger partial charge < -0.3 is 9.47 Å². The number of hydrogen-bond donors (Lipinski definition) is 1. The van der Waals surface area contributed by atoms with Gasteiger partial charge in [-0.05, 0) is 50.4 Å². The molecule has 2 aliphatic carbocycles. The molecule has 0 atom stereocenters. The molecule has 2 rings (SSSR count). The molecule has 0 aromatic heterocycles. The van der Waals surface area contributed by atoms with Crippen molar-refractivity contribution in [3.05, 3.63) is 0 Å².